The first kappa shape index (κ1) is 14.3. The summed E-state index contributed by atoms with van der Waals surface area (Å²) in [5.74, 6) is 0.770. The number of hydrogen-bond donors (Lipinski definition) is 0. The summed E-state index contributed by atoms with van der Waals surface area (Å²) in [6, 6.07) is 2.90. The number of unbranched alkanes of at least 4 members (excludes halogenated alkanes) is 3. The Bertz CT molecular complexity index is 298. The van der Waals surface area contributed by atoms with E-state index in [1.54, 1.807) is 0 Å². The van der Waals surface area contributed by atoms with Crippen molar-refractivity contribution in [2.45, 2.75) is 78.2 Å². The van der Waals surface area contributed by atoms with E-state index < -0.39 is 0 Å². The minimum atomic E-state index is 0.585. The van der Waals surface area contributed by atoms with Crippen molar-refractivity contribution in [2.75, 3.05) is 0 Å². The molecular weight excluding hydrogens is 206 g/mol. The molecule has 1 unspecified atom stereocenters. The van der Waals surface area contributed by atoms with E-state index in [0.717, 1.165) is 5.92 Å². The zero-order chi connectivity index (χ0) is 12.7. The standard InChI is InChI=1S/C16H29N/c1-5-7-8-9-10-15(6-2)16-11-12-17(13-16)14(3)4/h11-15H,5-10H2,1-4H3. The summed E-state index contributed by atoms with van der Waals surface area (Å²) >= 11 is 0. The molecule has 0 aliphatic heterocycles. The summed E-state index contributed by atoms with van der Waals surface area (Å²) in [6.45, 7) is 9.08. The van der Waals surface area contributed by atoms with E-state index in [9.17, 15) is 0 Å². The first-order valence-electron chi connectivity index (χ1n) is 7.36. The molecule has 1 aromatic heterocycles. The molecule has 1 nitrogen and oxygen atoms in total. The summed E-state index contributed by atoms with van der Waals surface area (Å²) in [5, 5.41) is 0. The largest absolute Gasteiger partial charge is 0.352 e. The van der Waals surface area contributed by atoms with Crippen LogP contribution in [0.5, 0.6) is 0 Å². The molecule has 0 aliphatic carbocycles. The van der Waals surface area contributed by atoms with Gasteiger partial charge in [-0.1, -0.05) is 39.5 Å². The predicted octanol–water partition coefficient (Wildman–Crippen LogP) is 5.53. The van der Waals surface area contributed by atoms with Crippen LogP contribution in [0.3, 0.4) is 0 Å². The SMILES string of the molecule is CCCCCCC(CC)c1ccn(C(C)C)c1. The lowest BCUT2D eigenvalue weighted by Crippen LogP contribution is -1.99. The molecule has 0 N–H and O–H groups in total. The van der Waals surface area contributed by atoms with Gasteiger partial charge in [-0.15, -0.1) is 0 Å². The molecule has 0 saturated heterocycles. The van der Waals surface area contributed by atoms with E-state index in [1.807, 2.05) is 0 Å². The molecule has 0 saturated carbocycles. The van der Waals surface area contributed by atoms with E-state index in [-0.39, 0.29) is 0 Å². The van der Waals surface area contributed by atoms with Crippen LogP contribution in [0.1, 0.15) is 83.7 Å². The zero-order valence-electron chi connectivity index (χ0n) is 12.1. The highest BCUT2D eigenvalue weighted by molar-refractivity contribution is 5.16. The third-order valence-corrected chi connectivity index (χ3v) is 3.70. The van der Waals surface area contributed by atoms with Crippen molar-refractivity contribution >= 4 is 0 Å². The number of hydrogen-bond acceptors (Lipinski definition) is 0. The third kappa shape index (κ3) is 4.57. The lowest BCUT2D eigenvalue weighted by Gasteiger charge is -2.13. The highest BCUT2D eigenvalue weighted by Gasteiger charge is 2.11. The van der Waals surface area contributed by atoms with Crippen LogP contribution >= 0.6 is 0 Å². The van der Waals surface area contributed by atoms with Gasteiger partial charge in [0.15, 0.2) is 0 Å². The van der Waals surface area contributed by atoms with Crippen molar-refractivity contribution < 1.29 is 0 Å². The molecule has 1 rings (SSSR count). The van der Waals surface area contributed by atoms with Crippen LogP contribution in [0, 0.1) is 0 Å². The van der Waals surface area contributed by atoms with Crippen molar-refractivity contribution in [2.24, 2.45) is 0 Å². The zero-order valence-corrected chi connectivity index (χ0v) is 12.1. The van der Waals surface area contributed by atoms with Gasteiger partial charge < -0.3 is 4.57 Å². The van der Waals surface area contributed by atoms with Crippen LogP contribution in [0.25, 0.3) is 0 Å². The van der Waals surface area contributed by atoms with Crippen molar-refractivity contribution in [1.82, 2.24) is 4.57 Å². The third-order valence-electron chi connectivity index (χ3n) is 3.70. The molecule has 0 aromatic carbocycles. The van der Waals surface area contributed by atoms with Crippen molar-refractivity contribution in [3.05, 3.63) is 24.0 Å². The fourth-order valence-electron chi connectivity index (χ4n) is 2.42. The maximum absolute atomic E-state index is 2.35. The van der Waals surface area contributed by atoms with Gasteiger partial charge in [-0.2, -0.15) is 0 Å². The van der Waals surface area contributed by atoms with Gasteiger partial charge in [-0.25, -0.2) is 0 Å². The Hall–Kier alpha value is -0.720. The Kier molecular flexibility index (Phi) is 6.39. The van der Waals surface area contributed by atoms with Gasteiger partial charge in [0.05, 0.1) is 0 Å². The Morgan fingerprint density at radius 2 is 1.88 bits per heavy atom. The molecule has 0 radical (unpaired) electrons. The van der Waals surface area contributed by atoms with Gasteiger partial charge in [-0.3, -0.25) is 0 Å². The number of rotatable bonds is 8. The Labute approximate surface area is 107 Å². The Morgan fingerprint density at radius 1 is 1.12 bits per heavy atom. The predicted molar refractivity (Wildman–Crippen MR) is 76.6 cm³/mol. The van der Waals surface area contributed by atoms with Crippen LogP contribution in [-0.4, -0.2) is 4.57 Å². The first-order valence-corrected chi connectivity index (χ1v) is 7.36. The van der Waals surface area contributed by atoms with Gasteiger partial charge >= 0.3 is 0 Å². The van der Waals surface area contributed by atoms with Gasteiger partial charge in [0.1, 0.15) is 0 Å². The molecule has 17 heavy (non-hydrogen) atoms. The van der Waals surface area contributed by atoms with Crippen molar-refractivity contribution in [3.8, 4) is 0 Å². The molecule has 0 spiro atoms. The second-order valence-corrected chi connectivity index (χ2v) is 5.44. The first-order chi connectivity index (χ1) is 8.19. The summed E-state index contributed by atoms with van der Waals surface area (Å²) in [6.07, 6.45) is 12.7. The Balaban J connectivity index is 2.48. The minimum Gasteiger partial charge on any atom is -0.352 e. The molecule has 1 aromatic rings. The van der Waals surface area contributed by atoms with Gasteiger partial charge in [0.2, 0.25) is 0 Å². The average molecular weight is 235 g/mol. The summed E-state index contributed by atoms with van der Waals surface area (Å²) in [7, 11) is 0. The fourth-order valence-corrected chi connectivity index (χ4v) is 2.42. The van der Waals surface area contributed by atoms with E-state index in [2.05, 4.69) is 50.7 Å². The number of nitrogens with zero attached hydrogens (tertiary/aromatic N) is 1. The monoisotopic (exact) mass is 235 g/mol. The number of aromatic nitrogens is 1. The lowest BCUT2D eigenvalue weighted by molar-refractivity contribution is 0.538. The van der Waals surface area contributed by atoms with Crippen LogP contribution in [-0.2, 0) is 0 Å². The van der Waals surface area contributed by atoms with Crippen LogP contribution in [0.4, 0.5) is 0 Å². The fraction of sp³-hybridized carbons (Fsp3) is 0.750. The van der Waals surface area contributed by atoms with Crippen LogP contribution in [0.2, 0.25) is 0 Å². The highest BCUT2D eigenvalue weighted by Crippen LogP contribution is 2.27. The second kappa shape index (κ2) is 7.58. The molecule has 0 bridgehead atoms. The van der Waals surface area contributed by atoms with Crippen LogP contribution in [0.15, 0.2) is 18.5 Å². The molecule has 1 heteroatoms. The summed E-state index contributed by atoms with van der Waals surface area (Å²) < 4.78 is 2.32. The maximum Gasteiger partial charge on any atom is 0.0274 e. The average Bonchev–Trinajstić information content (AvgIpc) is 2.79. The van der Waals surface area contributed by atoms with Crippen molar-refractivity contribution in [1.29, 1.82) is 0 Å². The molecule has 98 valence electrons. The molecule has 1 heterocycles. The second-order valence-electron chi connectivity index (χ2n) is 5.44. The summed E-state index contributed by atoms with van der Waals surface area (Å²) in [4.78, 5) is 0. The van der Waals surface area contributed by atoms with Crippen molar-refractivity contribution in [3.63, 3.8) is 0 Å². The maximum atomic E-state index is 2.35. The van der Waals surface area contributed by atoms with Gasteiger partial charge in [0.25, 0.3) is 0 Å². The minimum absolute atomic E-state index is 0.585. The molecular formula is C16H29N. The van der Waals surface area contributed by atoms with Crippen LogP contribution < -0.4 is 0 Å². The molecule has 0 aliphatic rings. The molecule has 0 fully saturated rings. The lowest BCUT2D eigenvalue weighted by atomic mass is 9.93. The molecule has 0 amide bonds. The topological polar surface area (TPSA) is 4.93 Å². The van der Waals surface area contributed by atoms with Gasteiger partial charge in [-0.05, 0) is 44.2 Å². The normalized spacial score (nSPS) is 13.2. The van der Waals surface area contributed by atoms with E-state index in [0.29, 0.717) is 6.04 Å². The smallest absolute Gasteiger partial charge is 0.0274 e. The van der Waals surface area contributed by atoms with E-state index >= 15 is 0 Å². The molecule has 1 atom stereocenters. The quantitative estimate of drug-likeness (QED) is 0.522. The highest BCUT2D eigenvalue weighted by atomic mass is 15.0. The van der Waals surface area contributed by atoms with E-state index in [1.165, 1.54) is 44.1 Å². The Morgan fingerprint density at radius 3 is 2.41 bits per heavy atom. The van der Waals surface area contributed by atoms with E-state index in [4.69, 9.17) is 0 Å². The van der Waals surface area contributed by atoms with Gasteiger partial charge in [0, 0.05) is 18.4 Å². The summed E-state index contributed by atoms with van der Waals surface area (Å²) in [5.41, 5.74) is 1.54.